The molecule has 0 saturated heterocycles. The molecule has 3 rings (SSSR count). The number of primary amides is 1. The van der Waals surface area contributed by atoms with Crippen LogP contribution in [0.2, 0.25) is 0 Å². The number of hydrogen-bond acceptors (Lipinski definition) is 2. The SMILES string of the molecule is NC(=O)c1ccccc1NC(=O)c1ccc(-n2cccc2)cc1. The van der Waals surface area contributed by atoms with E-state index in [1.165, 1.54) is 0 Å². The van der Waals surface area contributed by atoms with Crippen molar-refractivity contribution in [3.8, 4) is 5.69 Å². The van der Waals surface area contributed by atoms with Crippen LogP contribution in [0.15, 0.2) is 73.1 Å². The highest BCUT2D eigenvalue weighted by atomic mass is 16.2. The van der Waals surface area contributed by atoms with E-state index in [1.54, 1.807) is 36.4 Å². The summed E-state index contributed by atoms with van der Waals surface area (Å²) in [5, 5.41) is 2.72. The minimum Gasteiger partial charge on any atom is -0.366 e. The standard InChI is InChI=1S/C18H15N3O2/c19-17(22)15-5-1-2-6-16(15)20-18(23)13-7-9-14(10-8-13)21-11-3-4-12-21/h1-12H,(H2,19,22)(H,20,23). The van der Waals surface area contributed by atoms with E-state index in [2.05, 4.69) is 5.32 Å². The Morgan fingerprint density at radius 3 is 2.17 bits per heavy atom. The van der Waals surface area contributed by atoms with Crippen LogP contribution in [0.4, 0.5) is 5.69 Å². The van der Waals surface area contributed by atoms with Gasteiger partial charge in [-0.1, -0.05) is 12.1 Å². The molecule has 0 spiro atoms. The molecule has 0 aliphatic rings. The fourth-order valence-corrected chi connectivity index (χ4v) is 2.29. The van der Waals surface area contributed by atoms with Crippen molar-refractivity contribution in [3.05, 3.63) is 84.2 Å². The Morgan fingerprint density at radius 1 is 0.870 bits per heavy atom. The van der Waals surface area contributed by atoms with E-state index >= 15 is 0 Å². The van der Waals surface area contributed by atoms with Crippen molar-refractivity contribution in [1.29, 1.82) is 0 Å². The predicted molar refractivity (Wildman–Crippen MR) is 88.7 cm³/mol. The summed E-state index contributed by atoms with van der Waals surface area (Å²) >= 11 is 0. The first-order chi connectivity index (χ1) is 11.1. The Kier molecular flexibility index (Phi) is 3.93. The number of carbonyl (C=O) groups excluding carboxylic acids is 2. The van der Waals surface area contributed by atoms with E-state index < -0.39 is 5.91 Å². The summed E-state index contributed by atoms with van der Waals surface area (Å²) in [7, 11) is 0. The largest absolute Gasteiger partial charge is 0.366 e. The van der Waals surface area contributed by atoms with E-state index in [-0.39, 0.29) is 11.5 Å². The lowest BCUT2D eigenvalue weighted by molar-refractivity contribution is 0.100. The Bertz CT molecular complexity index is 837. The second kappa shape index (κ2) is 6.19. The monoisotopic (exact) mass is 305 g/mol. The van der Waals surface area contributed by atoms with Crippen LogP contribution in [0, 0.1) is 0 Å². The predicted octanol–water partition coefficient (Wildman–Crippen LogP) is 2.83. The summed E-state index contributed by atoms with van der Waals surface area (Å²) in [4.78, 5) is 23.7. The zero-order chi connectivity index (χ0) is 16.2. The van der Waals surface area contributed by atoms with Gasteiger partial charge in [0.25, 0.3) is 11.8 Å². The normalized spacial score (nSPS) is 10.3. The van der Waals surface area contributed by atoms with Crippen molar-refractivity contribution in [2.75, 3.05) is 5.32 Å². The second-order valence-corrected chi connectivity index (χ2v) is 5.00. The first-order valence-corrected chi connectivity index (χ1v) is 7.09. The summed E-state index contributed by atoms with van der Waals surface area (Å²) in [5.41, 5.74) is 7.46. The topological polar surface area (TPSA) is 77.1 Å². The summed E-state index contributed by atoms with van der Waals surface area (Å²) in [6, 6.07) is 17.7. The molecular weight excluding hydrogens is 290 g/mol. The fourth-order valence-electron chi connectivity index (χ4n) is 2.29. The molecular formula is C18H15N3O2. The summed E-state index contributed by atoms with van der Waals surface area (Å²) in [5.74, 6) is -0.874. The number of para-hydroxylation sites is 1. The molecule has 5 nitrogen and oxygen atoms in total. The molecule has 0 radical (unpaired) electrons. The molecule has 0 bridgehead atoms. The lowest BCUT2D eigenvalue weighted by Gasteiger charge is -2.09. The quantitative estimate of drug-likeness (QED) is 0.777. The van der Waals surface area contributed by atoms with Gasteiger partial charge >= 0.3 is 0 Å². The maximum atomic E-state index is 12.3. The first-order valence-electron chi connectivity index (χ1n) is 7.09. The highest BCUT2D eigenvalue weighted by Crippen LogP contribution is 2.16. The number of carbonyl (C=O) groups is 2. The smallest absolute Gasteiger partial charge is 0.255 e. The highest BCUT2D eigenvalue weighted by Gasteiger charge is 2.11. The lowest BCUT2D eigenvalue weighted by atomic mass is 10.1. The highest BCUT2D eigenvalue weighted by molar-refractivity contribution is 6.08. The zero-order valence-corrected chi connectivity index (χ0v) is 12.3. The maximum absolute atomic E-state index is 12.3. The Hall–Kier alpha value is -3.34. The molecule has 0 aliphatic heterocycles. The van der Waals surface area contributed by atoms with Crippen molar-refractivity contribution < 1.29 is 9.59 Å². The van der Waals surface area contributed by atoms with Gasteiger partial charge in [0.1, 0.15) is 0 Å². The van der Waals surface area contributed by atoms with Gasteiger partial charge in [-0.15, -0.1) is 0 Å². The third-order valence-electron chi connectivity index (χ3n) is 3.47. The molecule has 0 aliphatic carbocycles. The molecule has 114 valence electrons. The third-order valence-corrected chi connectivity index (χ3v) is 3.47. The van der Waals surface area contributed by atoms with Crippen LogP contribution >= 0.6 is 0 Å². The number of nitrogens with one attached hydrogen (secondary N) is 1. The molecule has 0 saturated carbocycles. The number of benzene rings is 2. The molecule has 3 N–H and O–H groups in total. The summed E-state index contributed by atoms with van der Waals surface area (Å²) in [6.45, 7) is 0. The van der Waals surface area contributed by atoms with E-state index in [4.69, 9.17) is 5.73 Å². The molecule has 2 aromatic carbocycles. The molecule has 2 amide bonds. The van der Waals surface area contributed by atoms with Gasteiger partial charge in [-0.3, -0.25) is 9.59 Å². The third kappa shape index (κ3) is 3.13. The van der Waals surface area contributed by atoms with E-state index in [0.717, 1.165) is 5.69 Å². The van der Waals surface area contributed by atoms with Crippen molar-refractivity contribution >= 4 is 17.5 Å². The number of nitrogens with zero attached hydrogens (tertiary/aromatic N) is 1. The number of amides is 2. The molecule has 23 heavy (non-hydrogen) atoms. The minimum absolute atomic E-state index is 0.282. The summed E-state index contributed by atoms with van der Waals surface area (Å²) in [6.07, 6.45) is 3.86. The molecule has 1 aromatic heterocycles. The van der Waals surface area contributed by atoms with E-state index in [0.29, 0.717) is 11.3 Å². The Morgan fingerprint density at radius 2 is 1.52 bits per heavy atom. The zero-order valence-electron chi connectivity index (χ0n) is 12.3. The summed E-state index contributed by atoms with van der Waals surface area (Å²) < 4.78 is 1.95. The van der Waals surface area contributed by atoms with Crippen LogP contribution in [-0.2, 0) is 0 Å². The number of nitrogens with two attached hydrogens (primary N) is 1. The van der Waals surface area contributed by atoms with Crippen LogP contribution in [0.25, 0.3) is 5.69 Å². The molecule has 5 heteroatoms. The average Bonchev–Trinajstić information content (AvgIpc) is 3.10. The van der Waals surface area contributed by atoms with Gasteiger partial charge in [0.15, 0.2) is 0 Å². The van der Waals surface area contributed by atoms with Gasteiger partial charge in [0.05, 0.1) is 11.3 Å². The average molecular weight is 305 g/mol. The Balaban J connectivity index is 1.80. The van der Waals surface area contributed by atoms with E-state index in [1.807, 2.05) is 41.2 Å². The Labute approximate surface area is 133 Å². The van der Waals surface area contributed by atoms with Crippen LogP contribution < -0.4 is 11.1 Å². The lowest BCUT2D eigenvalue weighted by Crippen LogP contribution is -2.18. The number of hydrogen-bond donors (Lipinski definition) is 2. The van der Waals surface area contributed by atoms with Crippen molar-refractivity contribution in [2.45, 2.75) is 0 Å². The fraction of sp³-hybridized carbons (Fsp3) is 0. The van der Waals surface area contributed by atoms with Crippen molar-refractivity contribution in [1.82, 2.24) is 4.57 Å². The van der Waals surface area contributed by atoms with Gasteiger partial charge < -0.3 is 15.6 Å². The van der Waals surface area contributed by atoms with Gasteiger partial charge in [0, 0.05) is 23.6 Å². The van der Waals surface area contributed by atoms with Crippen molar-refractivity contribution in [3.63, 3.8) is 0 Å². The van der Waals surface area contributed by atoms with Crippen LogP contribution in [0.3, 0.4) is 0 Å². The van der Waals surface area contributed by atoms with Crippen molar-refractivity contribution in [2.24, 2.45) is 5.73 Å². The number of rotatable bonds is 4. The van der Waals surface area contributed by atoms with Gasteiger partial charge in [-0.05, 0) is 48.5 Å². The first kappa shape index (κ1) is 14.6. The van der Waals surface area contributed by atoms with Gasteiger partial charge in [-0.25, -0.2) is 0 Å². The van der Waals surface area contributed by atoms with Gasteiger partial charge in [-0.2, -0.15) is 0 Å². The van der Waals surface area contributed by atoms with Crippen LogP contribution in [0.1, 0.15) is 20.7 Å². The van der Waals surface area contributed by atoms with Gasteiger partial charge in [0.2, 0.25) is 0 Å². The minimum atomic E-state index is -0.580. The maximum Gasteiger partial charge on any atom is 0.255 e. The number of anilines is 1. The molecule has 3 aromatic rings. The molecule has 0 atom stereocenters. The molecule has 0 unspecified atom stereocenters. The number of aromatic nitrogens is 1. The molecule has 0 fully saturated rings. The second-order valence-electron chi connectivity index (χ2n) is 5.00. The molecule has 1 heterocycles. The van der Waals surface area contributed by atoms with Crippen LogP contribution in [0.5, 0.6) is 0 Å². The van der Waals surface area contributed by atoms with E-state index in [9.17, 15) is 9.59 Å². The van der Waals surface area contributed by atoms with Crippen LogP contribution in [-0.4, -0.2) is 16.4 Å².